The summed E-state index contributed by atoms with van der Waals surface area (Å²) >= 11 is 0. The molecule has 0 radical (unpaired) electrons. The zero-order valence-electron chi connectivity index (χ0n) is 31.1. The molecule has 0 aliphatic rings. The number of carbonyl (C=O) groups excluding carboxylic acids is 4. The zero-order valence-corrected chi connectivity index (χ0v) is 37.1. The third-order valence-electron chi connectivity index (χ3n) is 6.65. The largest absolute Gasteiger partial charge is 2.00 e. The molecule has 0 heterocycles. The molecule has 0 aliphatic heterocycles. The van der Waals surface area contributed by atoms with Crippen LogP contribution in [-0.4, -0.2) is 23.9 Å². The maximum Gasteiger partial charge on any atom is 2.00 e. The summed E-state index contributed by atoms with van der Waals surface area (Å²) in [5.41, 5.74) is 0. The summed E-state index contributed by atoms with van der Waals surface area (Å²) < 4.78 is 0. The Hall–Kier alpha value is -0.873. The number of carboxylic acids is 4. The third kappa shape index (κ3) is 79.0. The molecule has 0 bridgehead atoms. The normalized spacial score (nSPS) is 10.0. The topological polar surface area (TPSA) is 161 Å². The van der Waals surface area contributed by atoms with Crippen LogP contribution in [0.4, 0.5) is 0 Å². The van der Waals surface area contributed by atoms with Crippen molar-refractivity contribution < 1.29 is 78.6 Å². The third-order valence-corrected chi connectivity index (χ3v) is 6.65. The standard InChI is InChI=1S/4C9H18O2.2Zn/c4*1-8(2)6-4-3-5-7-9(10)11;;/h4*8H,3-7H2,1-2H3,(H,10,11);;/q;;;;2*+2/p-4. The fourth-order valence-electron chi connectivity index (χ4n) is 3.99. The Morgan fingerprint density at radius 2 is 0.478 bits per heavy atom. The molecular formula is C36H68O8Zn2. The van der Waals surface area contributed by atoms with Gasteiger partial charge in [0.25, 0.3) is 0 Å². The van der Waals surface area contributed by atoms with Crippen LogP contribution in [-0.2, 0) is 58.1 Å². The summed E-state index contributed by atoms with van der Waals surface area (Å²) in [4.78, 5) is 39.9. The van der Waals surface area contributed by atoms with Gasteiger partial charge in [-0.2, -0.15) is 0 Å². The van der Waals surface area contributed by atoms with E-state index >= 15 is 0 Å². The van der Waals surface area contributed by atoms with Gasteiger partial charge in [0, 0.05) is 23.9 Å². The summed E-state index contributed by atoms with van der Waals surface area (Å²) in [7, 11) is 0. The van der Waals surface area contributed by atoms with Gasteiger partial charge in [0.15, 0.2) is 0 Å². The molecular weight excluding hydrogens is 691 g/mol. The van der Waals surface area contributed by atoms with E-state index in [2.05, 4.69) is 55.4 Å². The van der Waals surface area contributed by atoms with E-state index in [0.717, 1.165) is 101 Å². The predicted octanol–water partition coefficient (Wildman–Crippen LogP) is 5.37. The van der Waals surface area contributed by atoms with Gasteiger partial charge >= 0.3 is 39.0 Å². The molecule has 0 aromatic rings. The van der Waals surface area contributed by atoms with E-state index in [9.17, 15) is 39.6 Å². The van der Waals surface area contributed by atoms with Crippen LogP contribution in [0.15, 0.2) is 0 Å². The quantitative estimate of drug-likeness (QED) is 0.0939. The molecule has 0 saturated carbocycles. The van der Waals surface area contributed by atoms with Gasteiger partial charge < -0.3 is 39.6 Å². The molecule has 0 aromatic carbocycles. The van der Waals surface area contributed by atoms with Crippen molar-refractivity contribution >= 4 is 23.9 Å². The first kappa shape index (κ1) is 57.4. The van der Waals surface area contributed by atoms with Crippen molar-refractivity contribution in [2.75, 3.05) is 0 Å². The molecule has 0 atom stereocenters. The van der Waals surface area contributed by atoms with Crippen molar-refractivity contribution in [2.45, 2.75) is 184 Å². The van der Waals surface area contributed by atoms with Crippen LogP contribution in [0.2, 0.25) is 0 Å². The Bertz CT molecular complexity index is 556. The maximum absolute atomic E-state index is 9.99. The Kier molecular flexibility index (Phi) is 55.1. The molecule has 8 nitrogen and oxygen atoms in total. The summed E-state index contributed by atoms with van der Waals surface area (Å²) in [5.74, 6) is -0.750. The van der Waals surface area contributed by atoms with E-state index in [1.807, 2.05) is 0 Å². The first-order chi connectivity index (χ1) is 20.5. The fourth-order valence-corrected chi connectivity index (χ4v) is 3.99. The van der Waals surface area contributed by atoms with Crippen LogP contribution >= 0.6 is 0 Å². The number of unbranched alkanes of at least 4 members (excludes halogenated alkanes) is 8. The molecule has 264 valence electrons. The Balaban J connectivity index is -0.000000114. The Labute approximate surface area is 308 Å². The molecule has 0 aromatic heterocycles. The number of hydrogen-bond acceptors (Lipinski definition) is 8. The Morgan fingerprint density at radius 3 is 0.587 bits per heavy atom. The zero-order chi connectivity index (χ0) is 34.8. The molecule has 46 heavy (non-hydrogen) atoms. The minimum absolute atomic E-state index is 0. The van der Waals surface area contributed by atoms with E-state index in [0.29, 0.717) is 0 Å². The minimum Gasteiger partial charge on any atom is -0.550 e. The van der Waals surface area contributed by atoms with Crippen molar-refractivity contribution in [1.29, 1.82) is 0 Å². The average Bonchev–Trinajstić information content (AvgIpc) is 2.87. The monoisotopic (exact) mass is 756 g/mol. The molecule has 10 heteroatoms. The van der Waals surface area contributed by atoms with Crippen molar-refractivity contribution in [3.8, 4) is 0 Å². The van der Waals surface area contributed by atoms with E-state index in [4.69, 9.17) is 0 Å². The number of carboxylic acid groups (broad SMARTS) is 4. The minimum atomic E-state index is -0.922. The maximum atomic E-state index is 9.99. The second-order valence-electron chi connectivity index (χ2n) is 13.5. The van der Waals surface area contributed by atoms with E-state index in [1.54, 1.807) is 0 Å². The molecule has 0 aliphatic carbocycles. The van der Waals surface area contributed by atoms with Crippen LogP contribution in [0.5, 0.6) is 0 Å². The van der Waals surface area contributed by atoms with Crippen molar-refractivity contribution in [2.24, 2.45) is 23.7 Å². The van der Waals surface area contributed by atoms with Gasteiger partial charge in [-0.25, -0.2) is 0 Å². The van der Waals surface area contributed by atoms with Crippen LogP contribution in [0, 0.1) is 23.7 Å². The van der Waals surface area contributed by atoms with E-state index in [1.165, 1.54) is 25.7 Å². The van der Waals surface area contributed by atoms with Crippen molar-refractivity contribution in [3.05, 3.63) is 0 Å². The smallest absolute Gasteiger partial charge is 0.550 e. The number of carbonyl (C=O) groups is 4. The summed E-state index contributed by atoms with van der Waals surface area (Å²) in [5, 5.41) is 39.9. The molecule has 0 N–H and O–H groups in total. The van der Waals surface area contributed by atoms with Crippen molar-refractivity contribution in [1.82, 2.24) is 0 Å². The molecule has 0 spiro atoms. The van der Waals surface area contributed by atoms with Gasteiger partial charge in [-0.1, -0.05) is 132 Å². The predicted molar refractivity (Wildman–Crippen MR) is 172 cm³/mol. The Morgan fingerprint density at radius 1 is 0.326 bits per heavy atom. The van der Waals surface area contributed by atoms with Crippen LogP contribution in [0.3, 0.4) is 0 Å². The molecule has 0 unspecified atom stereocenters. The van der Waals surface area contributed by atoms with Crippen LogP contribution in [0.1, 0.15) is 184 Å². The average molecular weight is 760 g/mol. The van der Waals surface area contributed by atoms with Crippen molar-refractivity contribution in [3.63, 3.8) is 0 Å². The molecule has 0 rings (SSSR count). The first-order valence-corrected chi connectivity index (χ1v) is 17.3. The summed E-state index contributed by atoms with van der Waals surface area (Å²) in [6, 6.07) is 0. The van der Waals surface area contributed by atoms with Gasteiger partial charge in [0.05, 0.1) is 0 Å². The number of aliphatic carboxylic acids is 4. The molecule has 0 fully saturated rings. The first-order valence-electron chi connectivity index (χ1n) is 17.3. The summed E-state index contributed by atoms with van der Waals surface area (Å²) in [6.45, 7) is 17.4. The fraction of sp³-hybridized carbons (Fsp3) is 0.889. The van der Waals surface area contributed by atoms with Crippen LogP contribution < -0.4 is 20.4 Å². The van der Waals surface area contributed by atoms with Crippen LogP contribution in [0.25, 0.3) is 0 Å². The second kappa shape index (κ2) is 44.1. The van der Waals surface area contributed by atoms with Gasteiger partial charge in [0.1, 0.15) is 0 Å². The number of rotatable bonds is 24. The van der Waals surface area contributed by atoms with E-state index < -0.39 is 23.9 Å². The molecule has 0 saturated heterocycles. The SMILES string of the molecule is CC(C)CCCCCC(=O)[O-].CC(C)CCCCCC(=O)[O-].CC(C)CCCCCC(=O)[O-].CC(C)CCCCCC(=O)[O-].[Zn+2].[Zn+2]. The summed E-state index contributed by atoms with van der Waals surface area (Å²) in [6.07, 6.45) is 17.4. The second-order valence-corrected chi connectivity index (χ2v) is 13.5. The number of hydrogen-bond donors (Lipinski definition) is 0. The van der Waals surface area contributed by atoms with Gasteiger partial charge in [-0.15, -0.1) is 0 Å². The molecule has 0 amide bonds. The van der Waals surface area contributed by atoms with E-state index in [-0.39, 0.29) is 64.6 Å². The van der Waals surface area contributed by atoms with Gasteiger partial charge in [-0.3, -0.25) is 0 Å². The van der Waals surface area contributed by atoms with Gasteiger partial charge in [0.2, 0.25) is 0 Å². The van der Waals surface area contributed by atoms with Gasteiger partial charge in [-0.05, 0) is 75.0 Å².